The number of primary amides is 1. The number of alkyl halides is 6. The molecule has 0 radical (unpaired) electrons. The van der Waals surface area contributed by atoms with Gasteiger partial charge in [0, 0.05) is 32.0 Å². The molecule has 1 saturated heterocycles. The van der Waals surface area contributed by atoms with Crippen LogP contribution in [0, 0.1) is 12.8 Å². The van der Waals surface area contributed by atoms with Gasteiger partial charge in [-0.1, -0.05) is 24.3 Å². The summed E-state index contributed by atoms with van der Waals surface area (Å²) < 4.78 is 79.4. The van der Waals surface area contributed by atoms with Crippen LogP contribution < -0.4 is 5.73 Å². The van der Waals surface area contributed by atoms with Crippen LogP contribution in [0.1, 0.15) is 40.2 Å². The van der Waals surface area contributed by atoms with Crippen molar-refractivity contribution in [2.24, 2.45) is 11.7 Å². The van der Waals surface area contributed by atoms with Crippen LogP contribution in [0.15, 0.2) is 42.5 Å². The Morgan fingerprint density at radius 3 is 2.14 bits per heavy atom. The van der Waals surface area contributed by atoms with Gasteiger partial charge in [-0.3, -0.25) is 14.5 Å². The third-order valence-corrected chi connectivity index (χ3v) is 6.42. The number of nitrogens with zero attached hydrogens (tertiary/aromatic N) is 2. The molecule has 0 spiro atoms. The van der Waals surface area contributed by atoms with Gasteiger partial charge in [-0.25, -0.2) is 0 Å². The number of hydrogen-bond acceptors (Lipinski definition) is 3. The smallest absolute Gasteiger partial charge is 0.369 e. The maximum atomic E-state index is 13.5. The van der Waals surface area contributed by atoms with Crippen LogP contribution in [0.4, 0.5) is 26.3 Å². The number of aryl methyl sites for hydroxylation is 1. The summed E-state index contributed by atoms with van der Waals surface area (Å²) in [6, 6.07) is 8.75. The van der Waals surface area contributed by atoms with Crippen LogP contribution in [0.2, 0.25) is 0 Å². The van der Waals surface area contributed by atoms with Crippen molar-refractivity contribution < 1.29 is 35.9 Å². The fourth-order valence-electron chi connectivity index (χ4n) is 4.74. The molecular weight excluding hydrogens is 488 g/mol. The predicted octanol–water partition coefficient (Wildman–Crippen LogP) is 4.58. The van der Waals surface area contributed by atoms with Crippen molar-refractivity contribution in [2.45, 2.75) is 38.2 Å². The number of rotatable bonds is 6. The van der Waals surface area contributed by atoms with E-state index in [1.54, 1.807) is 0 Å². The highest BCUT2D eigenvalue weighted by Gasteiger charge is 2.39. The second-order valence-electron chi connectivity index (χ2n) is 9.17. The SMILES string of the molecule is Cc1ccccc1[C@@H]1CN(CC(N)=O)CC[C@H]1C(=O)N(C)Cc1cc(C(F)(F)F)cc(C(F)(F)F)c1. The Hall–Kier alpha value is -3.08. The monoisotopic (exact) mass is 515 g/mol. The molecule has 1 aliphatic heterocycles. The second-order valence-corrected chi connectivity index (χ2v) is 9.17. The summed E-state index contributed by atoms with van der Waals surface area (Å²) in [4.78, 5) is 27.9. The van der Waals surface area contributed by atoms with Crippen molar-refractivity contribution in [1.82, 2.24) is 9.80 Å². The molecule has 2 atom stereocenters. The third-order valence-electron chi connectivity index (χ3n) is 6.42. The average molecular weight is 515 g/mol. The van der Waals surface area contributed by atoms with Crippen molar-refractivity contribution in [1.29, 1.82) is 0 Å². The van der Waals surface area contributed by atoms with Crippen molar-refractivity contribution >= 4 is 11.8 Å². The van der Waals surface area contributed by atoms with Crippen molar-refractivity contribution in [2.75, 3.05) is 26.7 Å². The highest BCUT2D eigenvalue weighted by atomic mass is 19.4. The average Bonchev–Trinajstić information content (AvgIpc) is 2.77. The molecule has 11 heteroatoms. The number of halogens is 6. The van der Waals surface area contributed by atoms with Crippen LogP contribution in [0.5, 0.6) is 0 Å². The molecule has 2 N–H and O–H groups in total. The topological polar surface area (TPSA) is 66.6 Å². The molecule has 0 saturated carbocycles. The quantitative estimate of drug-likeness (QED) is 0.573. The zero-order valence-electron chi connectivity index (χ0n) is 19.8. The molecule has 5 nitrogen and oxygen atoms in total. The minimum atomic E-state index is -4.97. The Balaban J connectivity index is 1.89. The summed E-state index contributed by atoms with van der Waals surface area (Å²) in [6.07, 6.45) is -9.59. The van der Waals surface area contributed by atoms with E-state index >= 15 is 0 Å². The van der Waals surface area contributed by atoms with Crippen LogP contribution in [-0.2, 0) is 28.5 Å². The molecule has 0 bridgehead atoms. The Labute approximate surface area is 204 Å². The maximum Gasteiger partial charge on any atom is 0.416 e. The first kappa shape index (κ1) is 27.5. The molecule has 2 aromatic carbocycles. The summed E-state index contributed by atoms with van der Waals surface area (Å²) in [6.45, 7) is 2.24. The van der Waals surface area contributed by atoms with Crippen LogP contribution in [-0.4, -0.2) is 48.3 Å². The van der Waals surface area contributed by atoms with Crippen molar-refractivity contribution in [3.8, 4) is 0 Å². The lowest BCUT2D eigenvalue weighted by atomic mass is 9.78. The minimum absolute atomic E-state index is 0.0174. The first-order chi connectivity index (χ1) is 16.7. The van der Waals surface area contributed by atoms with Crippen molar-refractivity contribution in [3.05, 3.63) is 70.3 Å². The van der Waals surface area contributed by atoms with Gasteiger partial charge >= 0.3 is 12.4 Å². The molecule has 2 amide bonds. The lowest BCUT2D eigenvalue weighted by Gasteiger charge is -2.39. The van der Waals surface area contributed by atoms with E-state index in [0.717, 1.165) is 16.0 Å². The number of amides is 2. The van der Waals surface area contributed by atoms with Crippen LogP contribution in [0.25, 0.3) is 0 Å². The van der Waals surface area contributed by atoms with E-state index in [0.29, 0.717) is 31.6 Å². The summed E-state index contributed by atoms with van der Waals surface area (Å²) in [5.74, 6) is -1.81. The molecule has 0 aromatic heterocycles. The first-order valence-corrected chi connectivity index (χ1v) is 11.3. The third kappa shape index (κ3) is 6.57. The van der Waals surface area contributed by atoms with Gasteiger partial charge < -0.3 is 10.6 Å². The molecule has 1 heterocycles. The number of hydrogen-bond donors (Lipinski definition) is 1. The Morgan fingerprint density at radius 2 is 1.61 bits per heavy atom. The van der Waals surface area contributed by atoms with E-state index in [1.807, 2.05) is 36.1 Å². The van der Waals surface area contributed by atoms with Gasteiger partial charge in [-0.15, -0.1) is 0 Å². The van der Waals surface area contributed by atoms with E-state index in [-0.39, 0.29) is 24.1 Å². The fraction of sp³-hybridized carbons (Fsp3) is 0.440. The summed E-state index contributed by atoms with van der Waals surface area (Å²) in [7, 11) is 1.36. The highest BCUT2D eigenvalue weighted by Crippen LogP contribution is 2.38. The number of piperidine rings is 1. The van der Waals surface area contributed by atoms with Gasteiger partial charge in [0.15, 0.2) is 0 Å². The number of nitrogens with two attached hydrogens (primary N) is 1. The molecule has 3 rings (SSSR count). The summed E-state index contributed by atoms with van der Waals surface area (Å²) in [5, 5.41) is 0. The maximum absolute atomic E-state index is 13.5. The van der Waals surface area contributed by atoms with E-state index in [4.69, 9.17) is 5.73 Å². The van der Waals surface area contributed by atoms with Gasteiger partial charge in [0.2, 0.25) is 11.8 Å². The van der Waals surface area contributed by atoms with Crippen LogP contribution >= 0.6 is 0 Å². The number of carbonyl (C=O) groups excluding carboxylic acids is 2. The van der Waals surface area contributed by atoms with E-state index in [1.165, 1.54) is 7.05 Å². The molecule has 1 aliphatic rings. The van der Waals surface area contributed by atoms with Crippen molar-refractivity contribution in [3.63, 3.8) is 0 Å². The molecule has 36 heavy (non-hydrogen) atoms. The normalized spacial score (nSPS) is 19.2. The van der Waals surface area contributed by atoms with Crippen LogP contribution in [0.3, 0.4) is 0 Å². The molecule has 0 aliphatic carbocycles. The predicted molar refractivity (Wildman–Crippen MR) is 121 cm³/mol. The molecule has 1 fully saturated rings. The molecular formula is C25H27F6N3O2. The van der Waals surface area contributed by atoms with Gasteiger partial charge in [0.25, 0.3) is 0 Å². The van der Waals surface area contributed by atoms with Gasteiger partial charge in [-0.05, 0) is 54.8 Å². The Kier molecular flexibility index (Phi) is 8.02. The second kappa shape index (κ2) is 10.5. The fourth-order valence-corrected chi connectivity index (χ4v) is 4.74. The molecule has 0 unspecified atom stereocenters. The molecule has 196 valence electrons. The van der Waals surface area contributed by atoms with E-state index in [2.05, 4.69) is 0 Å². The Morgan fingerprint density at radius 1 is 1.03 bits per heavy atom. The van der Waals surface area contributed by atoms with Gasteiger partial charge in [0.05, 0.1) is 17.7 Å². The summed E-state index contributed by atoms with van der Waals surface area (Å²) >= 11 is 0. The zero-order chi connectivity index (χ0) is 26.8. The number of carbonyl (C=O) groups is 2. The lowest BCUT2D eigenvalue weighted by Crippen LogP contribution is -2.48. The lowest BCUT2D eigenvalue weighted by molar-refractivity contribution is -0.143. The standard InChI is InChI=1S/C25H27F6N3O2/c1-15-5-3-4-6-19(15)21-13-34(14-22(32)35)8-7-20(21)23(36)33(2)12-16-9-17(24(26,27)28)11-18(10-16)25(29,30)31/h3-6,9-11,20-21H,7-8,12-14H2,1-2H3,(H2,32,35)/t20-,21+/m1/s1. The first-order valence-electron chi connectivity index (χ1n) is 11.3. The van der Waals surface area contributed by atoms with Gasteiger partial charge in [-0.2, -0.15) is 26.3 Å². The summed E-state index contributed by atoms with van der Waals surface area (Å²) in [5.41, 5.74) is 4.03. The van der Waals surface area contributed by atoms with E-state index in [9.17, 15) is 35.9 Å². The van der Waals surface area contributed by atoms with E-state index < -0.39 is 47.8 Å². The van der Waals surface area contributed by atoms with Gasteiger partial charge in [0.1, 0.15) is 0 Å². The molecule has 2 aromatic rings. The Bertz CT molecular complexity index is 1080. The largest absolute Gasteiger partial charge is 0.416 e. The minimum Gasteiger partial charge on any atom is -0.369 e. The zero-order valence-corrected chi connectivity index (χ0v) is 19.8. The number of benzene rings is 2. The highest BCUT2D eigenvalue weighted by molar-refractivity contribution is 5.80. The number of likely N-dealkylation sites (tertiary alicyclic amines) is 1.